The van der Waals surface area contributed by atoms with Gasteiger partial charge in [0, 0.05) is 6.04 Å². The Morgan fingerprint density at radius 3 is 2.00 bits per heavy atom. The van der Waals surface area contributed by atoms with Crippen LogP contribution >= 0.6 is 0 Å². The molecule has 4 heteroatoms. The quantitative estimate of drug-likeness (QED) is 0.396. The fourth-order valence-corrected chi connectivity index (χ4v) is 1.47. The van der Waals surface area contributed by atoms with Crippen LogP contribution in [0.1, 0.15) is 13.3 Å². The lowest BCUT2D eigenvalue weighted by molar-refractivity contribution is 0.0193. The second-order valence-electron chi connectivity index (χ2n) is 2.95. The van der Waals surface area contributed by atoms with Crippen molar-refractivity contribution in [2.45, 2.75) is 37.6 Å². The van der Waals surface area contributed by atoms with Crippen LogP contribution < -0.4 is 5.32 Å². The van der Waals surface area contributed by atoms with Crippen LogP contribution in [0.5, 0.6) is 0 Å². The SMILES string of the molecule is CC[C@H]1N[C@H](CO)[C@H](O)[C@H]1O. The minimum Gasteiger partial charge on any atom is -0.395 e. The van der Waals surface area contributed by atoms with Crippen molar-refractivity contribution in [1.82, 2.24) is 5.32 Å². The molecule has 1 saturated heterocycles. The molecule has 11 heavy (non-hydrogen) atoms. The maximum Gasteiger partial charge on any atom is 0.0989 e. The summed E-state index contributed by atoms with van der Waals surface area (Å²) < 4.78 is 0. The molecule has 0 unspecified atom stereocenters. The van der Waals surface area contributed by atoms with Crippen molar-refractivity contribution in [3.05, 3.63) is 0 Å². The molecule has 4 atom stereocenters. The molecule has 66 valence electrons. The average molecular weight is 161 g/mol. The van der Waals surface area contributed by atoms with Gasteiger partial charge in [-0.15, -0.1) is 0 Å². The highest BCUT2D eigenvalue weighted by Crippen LogP contribution is 2.15. The van der Waals surface area contributed by atoms with Crippen LogP contribution in [0.2, 0.25) is 0 Å². The molecule has 4 N–H and O–H groups in total. The Bertz CT molecular complexity index is 113. The molecule has 1 rings (SSSR count). The molecule has 1 aliphatic rings. The lowest BCUT2D eigenvalue weighted by Crippen LogP contribution is -2.36. The first-order chi connectivity index (χ1) is 5.20. The summed E-state index contributed by atoms with van der Waals surface area (Å²) in [6.45, 7) is 1.79. The molecule has 0 saturated carbocycles. The van der Waals surface area contributed by atoms with E-state index in [0.717, 1.165) is 6.42 Å². The highest BCUT2D eigenvalue weighted by atomic mass is 16.3. The Balaban J connectivity index is 2.53. The van der Waals surface area contributed by atoms with Gasteiger partial charge in [-0.2, -0.15) is 0 Å². The highest BCUT2D eigenvalue weighted by Gasteiger charge is 2.39. The summed E-state index contributed by atoms with van der Waals surface area (Å²) in [4.78, 5) is 0. The summed E-state index contributed by atoms with van der Waals surface area (Å²) >= 11 is 0. The molecule has 0 aromatic heterocycles. The number of hydrogen-bond donors (Lipinski definition) is 4. The topological polar surface area (TPSA) is 72.7 Å². The molecular weight excluding hydrogens is 146 g/mol. The van der Waals surface area contributed by atoms with Gasteiger partial charge in [0.2, 0.25) is 0 Å². The van der Waals surface area contributed by atoms with Crippen LogP contribution in [0.4, 0.5) is 0 Å². The average Bonchev–Trinajstić information content (AvgIpc) is 2.30. The maximum absolute atomic E-state index is 9.34. The molecule has 1 heterocycles. The highest BCUT2D eigenvalue weighted by molar-refractivity contribution is 4.96. The van der Waals surface area contributed by atoms with Gasteiger partial charge in [0.25, 0.3) is 0 Å². The Morgan fingerprint density at radius 2 is 1.73 bits per heavy atom. The van der Waals surface area contributed by atoms with Crippen molar-refractivity contribution in [3.63, 3.8) is 0 Å². The van der Waals surface area contributed by atoms with Gasteiger partial charge in [-0.05, 0) is 6.42 Å². The molecule has 0 spiro atoms. The predicted molar refractivity (Wildman–Crippen MR) is 40.1 cm³/mol. The van der Waals surface area contributed by atoms with Crippen LogP contribution in [0, 0.1) is 0 Å². The summed E-state index contributed by atoms with van der Waals surface area (Å²) in [5, 5.41) is 30.3. The first kappa shape index (κ1) is 8.93. The van der Waals surface area contributed by atoms with Crippen LogP contribution in [0.3, 0.4) is 0 Å². The van der Waals surface area contributed by atoms with E-state index in [-0.39, 0.29) is 18.7 Å². The molecule has 0 amide bonds. The molecule has 0 bridgehead atoms. The summed E-state index contributed by atoms with van der Waals surface area (Å²) in [5.41, 5.74) is 0. The van der Waals surface area contributed by atoms with Crippen molar-refractivity contribution in [2.24, 2.45) is 0 Å². The van der Waals surface area contributed by atoms with Gasteiger partial charge < -0.3 is 20.6 Å². The Kier molecular flexibility index (Phi) is 2.84. The standard InChI is InChI=1S/C7H15NO3/c1-2-4-6(10)7(11)5(3-9)8-4/h4-11H,2-3H2,1H3/t4-,5-,6+,7+/m1/s1. The zero-order valence-corrected chi connectivity index (χ0v) is 6.57. The Labute approximate surface area is 65.9 Å². The summed E-state index contributed by atoms with van der Waals surface area (Å²) in [6, 6.07) is -0.447. The third-order valence-corrected chi connectivity index (χ3v) is 2.24. The largest absolute Gasteiger partial charge is 0.395 e. The summed E-state index contributed by atoms with van der Waals surface area (Å²) in [6.07, 6.45) is -0.809. The molecule has 1 aliphatic heterocycles. The molecule has 4 nitrogen and oxygen atoms in total. The first-order valence-electron chi connectivity index (χ1n) is 3.93. The fourth-order valence-electron chi connectivity index (χ4n) is 1.47. The van der Waals surface area contributed by atoms with Crippen LogP contribution in [0.15, 0.2) is 0 Å². The number of hydrogen-bond acceptors (Lipinski definition) is 4. The van der Waals surface area contributed by atoms with E-state index in [1.807, 2.05) is 6.92 Å². The Hall–Kier alpha value is -0.160. The minimum absolute atomic E-state index is 0.0813. The fraction of sp³-hybridized carbons (Fsp3) is 1.00. The maximum atomic E-state index is 9.34. The molecule has 0 aliphatic carbocycles. The molecule has 0 aromatic rings. The third kappa shape index (κ3) is 1.54. The van der Waals surface area contributed by atoms with Crippen LogP contribution in [-0.4, -0.2) is 46.2 Å². The summed E-state index contributed by atoms with van der Waals surface area (Å²) in [7, 11) is 0. The lowest BCUT2D eigenvalue weighted by Gasteiger charge is -2.12. The number of rotatable bonds is 2. The zero-order chi connectivity index (χ0) is 8.43. The number of aliphatic hydroxyl groups is 3. The van der Waals surface area contributed by atoms with Gasteiger partial charge in [-0.3, -0.25) is 0 Å². The van der Waals surface area contributed by atoms with Crippen molar-refractivity contribution in [2.75, 3.05) is 6.61 Å². The van der Waals surface area contributed by atoms with Gasteiger partial charge in [0.1, 0.15) is 0 Å². The lowest BCUT2D eigenvalue weighted by atomic mass is 10.1. The predicted octanol–water partition coefficient (Wildman–Crippen LogP) is -1.55. The zero-order valence-electron chi connectivity index (χ0n) is 6.57. The monoisotopic (exact) mass is 161 g/mol. The van der Waals surface area contributed by atoms with E-state index in [4.69, 9.17) is 5.11 Å². The van der Waals surface area contributed by atoms with Crippen molar-refractivity contribution in [3.8, 4) is 0 Å². The van der Waals surface area contributed by atoms with E-state index in [0.29, 0.717) is 0 Å². The van der Waals surface area contributed by atoms with Gasteiger partial charge in [-0.25, -0.2) is 0 Å². The normalized spacial score (nSPS) is 44.7. The number of nitrogens with one attached hydrogen (secondary N) is 1. The van der Waals surface area contributed by atoms with Crippen LogP contribution in [-0.2, 0) is 0 Å². The third-order valence-electron chi connectivity index (χ3n) is 2.24. The van der Waals surface area contributed by atoms with Crippen LogP contribution in [0.25, 0.3) is 0 Å². The second kappa shape index (κ2) is 3.49. The van der Waals surface area contributed by atoms with Crippen molar-refractivity contribution >= 4 is 0 Å². The molecule has 1 fully saturated rings. The van der Waals surface area contributed by atoms with E-state index >= 15 is 0 Å². The first-order valence-corrected chi connectivity index (χ1v) is 3.93. The van der Waals surface area contributed by atoms with Crippen molar-refractivity contribution in [1.29, 1.82) is 0 Å². The molecule has 0 radical (unpaired) electrons. The summed E-state index contributed by atoms with van der Waals surface area (Å²) in [5.74, 6) is 0. The van der Waals surface area contributed by atoms with Gasteiger partial charge in [-0.1, -0.05) is 6.92 Å². The van der Waals surface area contributed by atoms with E-state index < -0.39 is 12.2 Å². The minimum atomic E-state index is -0.829. The molecule has 0 aromatic carbocycles. The van der Waals surface area contributed by atoms with E-state index in [1.165, 1.54) is 0 Å². The van der Waals surface area contributed by atoms with E-state index in [2.05, 4.69) is 5.32 Å². The van der Waals surface area contributed by atoms with E-state index in [9.17, 15) is 10.2 Å². The van der Waals surface area contributed by atoms with Gasteiger partial charge >= 0.3 is 0 Å². The smallest absolute Gasteiger partial charge is 0.0989 e. The van der Waals surface area contributed by atoms with E-state index in [1.54, 1.807) is 0 Å². The second-order valence-corrected chi connectivity index (χ2v) is 2.95. The Morgan fingerprint density at radius 1 is 1.18 bits per heavy atom. The number of aliphatic hydroxyl groups excluding tert-OH is 3. The van der Waals surface area contributed by atoms with Crippen molar-refractivity contribution < 1.29 is 15.3 Å². The van der Waals surface area contributed by atoms with Gasteiger partial charge in [0.15, 0.2) is 0 Å². The van der Waals surface area contributed by atoms with Gasteiger partial charge in [0.05, 0.1) is 24.9 Å². The molecular formula is C7H15NO3.